The van der Waals surface area contributed by atoms with Crippen LogP contribution in [0.1, 0.15) is 22.3 Å². The Hall–Kier alpha value is -5.24. The van der Waals surface area contributed by atoms with Crippen LogP contribution in [0.25, 0.3) is 53.6 Å². The van der Waals surface area contributed by atoms with E-state index in [1.807, 2.05) is 11.3 Å². The van der Waals surface area contributed by atoms with Crippen molar-refractivity contribution >= 4 is 31.5 Å². The molecule has 0 N–H and O–H groups in total. The zero-order chi connectivity index (χ0) is 29.1. The Bertz CT molecular complexity index is 2290. The predicted octanol–water partition coefficient (Wildman–Crippen LogP) is 11.8. The van der Waals surface area contributed by atoms with Crippen molar-refractivity contribution in [3.63, 3.8) is 0 Å². The lowest BCUT2D eigenvalue weighted by Gasteiger charge is -2.35. The SMILES string of the molecule is c1ccc(C2(c3ccccc3-c3ccccc3-c3cccc4c3sc3ccccc34)c3ccccc3-c3ccccc32)cc1. The summed E-state index contributed by atoms with van der Waals surface area (Å²) in [7, 11) is 0. The van der Waals surface area contributed by atoms with Gasteiger partial charge in [-0.2, -0.15) is 0 Å². The molecule has 44 heavy (non-hydrogen) atoms. The van der Waals surface area contributed by atoms with Gasteiger partial charge in [-0.3, -0.25) is 0 Å². The van der Waals surface area contributed by atoms with E-state index in [2.05, 4.69) is 170 Å². The molecule has 0 atom stereocenters. The summed E-state index contributed by atoms with van der Waals surface area (Å²) in [5.74, 6) is 0. The van der Waals surface area contributed by atoms with E-state index < -0.39 is 5.41 Å². The molecule has 206 valence electrons. The third kappa shape index (κ3) is 3.51. The number of fused-ring (bicyclic) bond motifs is 6. The average molecular weight is 577 g/mol. The van der Waals surface area contributed by atoms with Crippen LogP contribution in [0.5, 0.6) is 0 Å². The Morgan fingerprint density at radius 2 is 0.750 bits per heavy atom. The Morgan fingerprint density at radius 3 is 1.39 bits per heavy atom. The molecule has 0 fully saturated rings. The topological polar surface area (TPSA) is 0 Å². The first-order valence-electron chi connectivity index (χ1n) is 15.2. The summed E-state index contributed by atoms with van der Waals surface area (Å²) in [6.07, 6.45) is 0. The van der Waals surface area contributed by atoms with Crippen molar-refractivity contribution in [2.24, 2.45) is 0 Å². The molecule has 1 aliphatic carbocycles. The highest BCUT2D eigenvalue weighted by molar-refractivity contribution is 7.26. The Morgan fingerprint density at radius 1 is 0.318 bits per heavy atom. The third-order valence-corrected chi connectivity index (χ3v) is 10.6. The molecular formula is C43H28S. The van der Waals surface area contributed by atoms with Gasteiger partial charge in [0.15, 0.2) is 0 Å². The second-order valence-corrected chi connectivity index (χ2v) is 12.6. The van der Waals surface area contributed by atoms with Gasteiger partial charge in [-0.1, -0.05) is 164 Å². The fourth-order valence-electron chi connectivity index (χ4n) is 7.64. The number of hydrogen-bond donors (Lipinski definition) is 0. The molecule has 7 aromatic carbocycles. The van der Waals surface area contributed by atoms with Crippen LogP contribution < -0.4 is 0 Å². The first kappa shape index (κ1) is 25.3. The molecule has 0 saturated heterocycles. The van der Waals surface area contributed by atoms with Crippen LogP contribution in [-0.2, 0) is 5.41 Å². The zero-order valence-electron chi connectivity index (χ0n) is 24.1. The summed E-state index contributed by atoms with van der Waals surface area (Å²) < 4.78 is 2.67. The molecule has 0 spiro atoms. The lowest BCUT2D eigenvalue weighted by atomic mass is 9.65. The van der Waals surface area contributed by atoms with Crippen molar-refractivity contribution in [3.05, 3.63) is 192 Å². The van der Waals surface area contributed by atoms with E-state index in [0.717, 1.165) is 0 Å². The average Bonchev–Trinajstić information content (AvgIpc) is 3.63. The van der Waals surface area contributed by atoms with Gasteiger partial charge in [-0.25, -0.2) is 0 Å². The van der Waals surface area contributed by atoms with Gasteiger partial charge in [-0.15, -0.1) is 11.3 Å². The van der Waals surface area contributed by atoms with E-state index in [0.29, 0.717) is 0 Å². The Balaban J connectivity index is 1.37. The van der Waals surface area contributed by atoms with Gasteiger partial charge in [0.1, 0.15) is 0 Å². The fourth-order valence-corrected chi connectivity index (χ4v) is 8.87. The van der Waals surface area contributed by atoms with Crippen LogP contribution in [0, 0.1) is 0 Å². The molecule has 0 radical (unpaired) electrons. The molecule has 0 aliphatic heterocycles. The molecule has 0 unspecified atom stereocenters. The van der Waals surface area contributed by atoms with E-state index in [9.17, 15) is 0 Å². The zero-order valence-corrected chi connectivity index (χ0v) is 24.9. The van der Waals surface area contributed by atoms with Crippen molar-refractivity contribution in [1.29, 1.82) is 0 Å². The molecule has 8 aromatic rings. The second-order valence-electron chi connectivity index (χ2n) is 11.6. The van der Waals surface area contributed by atoms with Crippen LogP contribution in [0.4, 0.5) is 0 Å². The van der Waals surface area contributed by atoms with Gasteiger partial charge in [0.2, 0.25) is 0 Å². The largest absolute Gasteiger partial charge is 0.135 e. The number of benzene rings is 7. The molecule has 1 aromatic heterocycles. The number of hydrogen-bond acceptors (Lipinski definition) is 1. The minimum atomic E-state index is -0.457. The molecule has 1 heterocycles. The highest BCUT2D eigenvalue weighted by atomic mass is 32.1. The highest BCUT2D eigenvalue weighted by Crippen LogP contribution is 2.58. The quantitative estimate of drug-likeness (QED) is 0.195. The summed E-state index contributed by atoms with van der Waals surface area (Å²) in [6, 6.07) is 62.7. The van der Waals surface area contributed by atoms with Crippen LogP contribution in [-0.4, -0.2) is 0 Å². The minimum absolute atomic E-state index is 0.457. The molecule has 0 nitrogen and oxygen atoms in total. The monoisotopic (exact) mass is 576 g/mol. The molecule has 0 bridgehead atoms. The van der Waals surface area contributed by atoms with E-state index in [1.54, 1.807) is 0 Å². The fraction of sp³-hybridized carbons (Fsp3) is 0.0233. The van der Waals surface area contributed by atoms with Gasteiger partial charge in [0, 0.05) is 25.7 Å². The van der Waals surface area contributed by atoms with Crippen molar-refractivity contribution in [2.45, 2.75) is 5.41 Å². The molecule has 1 aliphatic rings. The van der Waals surface area contributed by atoms with Crippen molar-refractivity contribution in [1.82, 2.24) is 0 Å². The second kappa shape index (κ2) is 9.91. The lowest BCUT2D eigenvalue weighted by Crippen LogP contribution is -2.29. The summed E-state index contributed by atoms with van der Waals surface area (Å²) in [5.41, 5.74) is 12.5. The van der Waals surface area contributed by atoms with Crippen LogP contribution in [0.15, 0.2) is 170 Å². The van der Waals surface area contributed by atoms with Crippen molar-refractivity contribution in [2.75, 3.05) is 0 Å². The molecule has 0 saturated carbocycles. The van der Waals surface area contributed by atoms with E-state index in [-0.39, 0.29) is 0 Å². The van der Waals surface area contributed by atoms with E-state index in [4.69, 9.17) is 0 Å². The maximum absolute atomic E-state index is 2.36. The van der Waals surface area contributed by atoms with E-state index >= 15 is 0 Å². The van der Waals surface area contributed by atoms with Gasteiger partial charge < -0.3 is 0 Å². The van der Waals surface area contributed by atoms with Gasteiger partial charge in [0.25, 0.3) is 0 Å². The minimum Gasteiger partial charge on any atom is -0.135 e. The third-order valence-electron chi connectivity index (χ3n) is 9.40. The first-order valence-corrected chi connectivity index (χ1v) is 16.0. The van der Waals surface area contributed by atoms with Gasteiger partial charge in [-0.05, 0) is 56.1 Å². The number of thiophene rings is 1. The summed E-state index contributed by atoms with van der Waals surface area (Å²) in [4.78, 5) is 0. The summed E-state index contributed by atoms with van der Waals surface area (Å²) >= 11 is 1.89. The van der Waals surface area contributed by atoms with Gasteiger partial charge in [0.05, 0.1) is 5.41 Å². The summed E-state index contributed by atoms with van der Waals surface area (Å²) in [5, 5.41) is 2.65. The van der Waals surface area contributed by atoms with E-state index in [1.165, 1.54) is 75.8 Å². The normalized spacial score (nSPS) is 13.2. The van der Waals surface area contributed by atoms with Crippen LogP contribution in [0.3, 0.4) is 0 Å². The molecular weight excluding hydrogens is 549 g/mol. The standard InChI is InChI=1S/C43H28S/c1-2-15-29(16-3-1)43(39-26-11-7-20-33(39)34-21-8-12-27-40(34)43)38-25-10-6-19-32(38)30-17-4-5-18-31(30)36-23-14-24-37-35-22-9-13-28-41(35)44-42(36)37/h1-28H. The van der Waals surface area contributed by atoms with Crippen molar-refractivity contribution < 1.29 is 0 Å². The van der Waals surface area contributed by atoms with Crippen molar-refractivity contribution in [3.8, 4) is 33.4 Å². The van der Waals surface area contributed by atoms with Crippen LogP contribution in [0.2, 0.25) is 0 Å². The predicted molar refractivity (Wildman–Crippen MR) is 188 cm³/mol. The highest BCUT2D eigenvalue weighted by Gasteiger charge is 2.47. The Kier molecular flexibility index (Phi) is 5.69. The Labute approximate surface area is 261 Å². The number of rotatable bonds is 4. The smallest absolute Gasteiger partial charge is 0.0719 e. The van der Waals surface area contributed by atoms with Gasteiger partial charge >= 0.3 is 0 Å². The van der Waals surface area contributed by atoms with Crippen LogP contribution >= 0.6 is 11.3 Å². The molecule has 9 rings (SSSR count). The molecule has 1 heteroatoms. The maximum atomic E-state index is 2.36. The molecule has 0 amide bonds. The summed E-state index contributed by atoms with van der Waals surface area (Å²) in [6.45, 7) is 0. The lowest BCUT2D eigenvalue weighted by molar-refractivity contribution is 0.770. The first-order chi connectivity index (χ1) is 21.9. The maximum Gasteiger partial charge on any atom is 0.0719 e.